The first-order chi connectivity index (χ1) is 18.5. The molecular weight excluding hydrogens is 476 g/mol. The zero-order chi connectivity index (χ0) is 27.3. The molecule has 0 bridgehead atoms. The van der Waals surface area contributed by atoms with Gasteiger partial charge in [0.25, 0.3) is 11.8 Å². The molecule has 0 fully saturated rings. The first-order valence-corrected chi connectivity index (χ1v) is 13.5. The van der Waals surface area contributed by atoms with Gasteiger partial charge in [-0.25, -0.2) is 9.97 Å². The number of likely N-dealkylation sites (N-methyl/N-ethyl adjacent to an activating group) is 2. The van der Waals surface area contributed by atoms with Crippen LogP contribution in [0, 0.1) is 0 Å². The molecule has 0 unspecified atom stereocenters. The van der Waals surface area contributed by atoms with Crippen LogP contribution in [0.2, 0.25) is 0 Å². The predicted molar refractivity (Wildman–Crippen MR) is 153 cm³/mol. The monoisotopic (exact) mass is 516 g/mol. The summed E-state index contributed by atoms with van der Waals surface area (Å²) >= 11 is 0. The van der Waals surface area contributed by atoms with Gasteiger partial charge in [-0.05, 0) is 56.5 Å². The van der Waals surface area contributed by atoms with Gasteiger partial charge in [-0.3, -0.25) is 9.59 Å². The number of rotatable bonds is 14. The number of amides is 2. The second-order valence-electron chi connectivity index (χ2n) is 9.01. The Morgan fingerprint density at radius 3 is 1.34 bits per heavy atom. The lowest BCUT2D eigenvalue weighted by atomic mass is 10.0. The van der Waals surface area contributed by atoms with Crippen LogP contribution in [0.25, 0.3) is 22.5 Å². The van der Waals surface area contributed by atoms with E-state index >= 15 is 0 Å². The lowest BCUT2D eigenvalue weighted by Crippen LogP contribution is -2.34. The second-order valence-corrected chi connectivity index (χ2v) is 9.01. The second kappa shape index (κ2) is 15.0. The van der Waals surface area contributed by atoms with E-state index in [-0.39, 0.29) is 11.8 Å². The molecule has 38 heavy (non-hydrogen) atoms. The largest absolute Gasteiger partial charge is 0.351 e. The number of aromatic nitrogens is 2. The van der Waals surface area contributed by atoms with Gasteiger partial charge in [-0.2, -0.15) is 0 Å². The fourth-order valence-corrected chi connectivity index (χ4v) is 4.20. The van der Waals surface area contributed by atoms with Gasteiger partial charge in [0, 0.05) is 48.4 Å². The Morgan fingerprint density at radius 2 is 1.00 bits per heavy atom. The zero-order valence-electron chi connectivity index (χ0n) is 23.0. The van der Waals surface area contributed by atoms with Crippen LogP contribution in [0.5, 0.6) is 0 Å². The van der Waals surface area contributed by atoms with Crippen molar-refractivity contribution in [2.24, 2.45) is 0 Å². The minimum atomic E-state index is -0.0794. The zero-order valence-corrected chi connectivity index (χ0v) is 23.0. The van der Waals surface area contributed by atoms with Gasteiger partial charge in [-0.1, -0.05) is 52.0 Å². The van der Waals surface area contributed by atoms with E-state index in [1.54, 1.807) is 0 Å². The summed E-state index contributed by atoms with van der Waals surface area (Å²) in [6, 6.07) is 16.8. The van der Waals surface area contributed by atoms with Crippen molar-refractivity contribution in [2.45, 2.75) is 27.7 Å². The molecule has 0 saturated heterocycles. The highest BCUT2D eigenvalue weighted by atomic mass is 16.2. The smallest absolute Gasteiger partial charge is 0.251 e. The summed E-state index contributed by atoms with van der Waals surface area (Å²) in [6.07, 6.45) is 1.53. The molecule has 0 aliphatic carbocycles. The molecule has 3 aromatic rings. The quantitative estimate of drug-likeness (QED) is 0.337. The number of carbonyl (C=O) groups excluding carboxylic acids is 2. The molecular formula is C30H40N6O2. The summed E-state index contributed by atoms with van der Waals surface area (Å²) in [5, 5.41) is 5.97. The van der Waals surface area contributed by atoms with Crippen LogP contribution in [0.15, 0.2) is 60.9 Å². The number of carbonyl (C=O) groups is 2. The molecule has 0 radical (unpaired) electrons. The van der Waals surface area contributed by atoms with Crippen molar-refractivity contribution in [3.63, 3.8) is 0 Å². The van der Waals surface area contributed by atoms with Gasteiger partial charge in [0.1, 0.15) is 6.33 Å². The number of hydrogen-bond donors (Lipinski definition) is 2. The van der Waals surface area contributed by atoms with E-state index < -0.39 is 0 Å². The van der Waals surface area contributed by atoms with Crippen molar-refractivity contribution in [2.75, 3.05) is 52.4 Å². The third-order valence-electron chi connectivity index (χ3n) is 6.77. The van der Waals surface area contributed by atoms with Gasteiger partial charge in [0.05, 0.1) is 11.4 Å². The van der Waals surface area contributed by atoms with Crippen molar-refractivity contribution in [3.8, 4) is 22.5 Å². The molecule has 2 amide bonds. The van der Waals surface area contributed by atoms with Crippen LogP contribution in [0.4, 0.5) is 0 Å². The van der Waals surface area contributed by atoms with Crippen molar-refractivity contribution in [3.05, 3.63) is 72.1 Å². The fourth-order valence-electron chi connectivity index (χ4n) is 4.20. The van der Waals surface area contributed by atoms with Crippen molar-refractivity contribution >= 4 is 11.8 Å². The fraction of sp³-hybridized carbons (Fsp3) is 0.400. The Hall–Kier alpha value is -3.62. The van der Waals surface area contributed by atoms with Crippen LogP contribution < -0.4 is 10.6 Å². The molecule has 2 aromatic carbocycles. The van der Waals surface area contributed by atoms with Gasteiger partial charge in [-0.15, -0.1) is 0 Å². The number of nitrogens with zero attached hydrogens (tertiary/aromatic N) is 4. The third-order valence-corrected chi connectivity index (χ3v) is 6.77. The molecule has 1 aromatic heterocycles. The maximum atomic E-state index is 12.5. The van der Waals surface area contributed by atoms with Gasteiger partial charge >= 0.3 is 0 Å². The van der Waals surface area contributed by atoms with Gasteiger partial charge < -0.3 is 20.4 Å². The molecule has 202 valence electrons. The molecule has 0 atom stereocenters. The Balaban J connectivity index is 1.60. The van der Waals surface area contributed by atoms with E-state index in [2.05, 4.69) is 58.1 Å². The van der Waals surface area contributed by atoms with Crippen LogP contribution in [-0.4, -0.2) is 83.9 Å². The van der Waals surface area contributed by atoms with E-state index in [0.29, 0.717) is 24.2 Å². The van der Waals surface area contributed by atoms with E-state index in [1.165, 1.54) is 6.33 Å². The minimum Gasteiger partial charge on any atom is -0.351 e. The van der Waals surface area contributed by atoms with E-state index in [1.807, 2.05) is 54.6 Å². The highest BCUT2D eigenvalue weighted by Crippen LogP contribution is 2.23. The number of nitrogens with one attached hydrogen (secondary N) is 2. The average molecular weight is 517 g/mol. The standard InChI is InChI=1S/C30H40N6O2/c1-5-35(6-2)19-17-31-29(37)25-13-9-23(10-14-25)27-21-28(34-22-33-27)24-11-15-26(16-12-24)30(38)32-18-20-36(7-3)8-4/h9-16,21-22H,5-8,17-20H2,1-4H3,(H,31,37)(H,32,38). The Kier molecular flexibility index (Phi) is 11.4. The van der Waals surface area contributed by atoms with Gasteiger partial charge in [0.15, 0.2) is 0 Å². The minimum absolute atomic E-state index is 0.0794. The normalized spacial score (nSPS) is 11.1. The average Bonchev–Trinajstić information content (AvgIpc) is 2.97. The molecule has 8 nitrogen and oxygen atoms in total. The van der Waals surface area contributed by atoms with Crippen LogP contribution in [-0.2, 0) is 0 Å². The van der Waals surface area contributed by atoms with Crippen LogP contribution in [0.3, 0.4) is 0 Å². The lowest BCUT2D eigenvalue weighted by Gasteiger charge is -2.18. The molecule has 0 spiro atoms. The summed E-state index contributed by atoms with van der Waals surface area (Å²) in [5.41, 5.74) is 4.57. The number of benzene rings is 2. The van der Waals surface area contributed by atoms with E-state index in [4.69, 9.17) is 0 Å². The lowest BCUT2D eigenvalue weighted by molar-refractivity contribution is 0.0941. The van der Waals surface area contributed by atoms with Crippen LogP contribution >= 0.6 is 0 Å². The summed E-state index contributed by atoms with van der Waals surface area (Å²) in [5.74, 6) is -0.159. The maximum absolute atomic E-state index is 12.5. The van der Waals surface area contributed by atoms with E-state index in [0.717, 1.165) is 61.8 Å². The number of hydrogen-bond acceptors (Lipinski definition) is 6. The Morgan fingerprint density at radius 1 is 0.632 bits per heavy atom. The molecule has 2 N–H and O–H groups in total. The molecule has 0 aliphatic heterocycles. The Labute approximate surface area is 226 Å². The molecule has 8 heteroatoms. The summed E-state index contributed by atoms with van der Waals surface area (Å²) in [7, 11) is 0. The summed E-state index contributed by atoms with van der Waals surface area (Å²) in [4.78, 5) is 38.4. The van der Waals surface area contributed by atoms with E-state index in [9.17, 15) is 9.59 Å². The van der Waals surface area contributed by atoms with Crippen molar-refractivity contribution in [1.29, 1.82) is 0 Å². The predicted octanol–water partition coefficient (Wildman–Crippen LogP) is 3.95. The van der Waals surface area contributed by atoms with Crippen LogP contribution in [0.1, 0.15) is 48.4 Å². The maximum Gasteiger partial charge on any atom is 0.251 e. The van der Waals surface area contributed by atoms with Crippen molar-refractivity contribution in [1.82, 2.24) is 30.4 Å². The van der Waals surface area contributed by atoms with Crippen molar-refractivity contribution < 1.29 is 9.59 Å². The highest BCUT2D eigenvalue weighted by Gasteiger charge is 2.10. The molecule has 0 aliphatic rings. The molecule has 3 rings (SSSR count). The third kappa shape index (κ3) is 8.19. The highest BCUT2D eigenvalue weighted by molar-refractivity contribution is 5.95. The SMILES string of the molecule is CCN(CC)CCNC(=O)c1ccc(-c2cc(-c3ccc(C(=O)NCCN(CC)CC)cc3)ncn2)cc1. The Bertz CT molecular complexity index is 1070. The molecule has 0 saturated carbocycles. The topological polar surface area (TPSA) is 90.5 Å². The summed E-state index contributed by atoms with van der Waals surface area (Å²) in [6.45, 7) is 15.3. The first kappa shape index (κ1) is 28.9. The molecule has 1 heterocycles. The first-order valence-electron chi connectivity index (χ1n) is 13.5. The summed E-state index contributed by atoms with van der Waals surface area (Å²) < 4.78 is 0. The van der Waals surface area contributed by atoms with Gasteiger partial charge in [0.2, 0.25) is 0 Å².